The molecule has 1 aromatic carbocycles. The molecular formula is C17H22N2O2. The zero-order valence-electron chi connectivity index (χ0n) is 12.5. The number of nitrogens with zero attached hydrogens (tertiary/aromatic N) is 1. The Labute approximate surface area is 125 Å². The van der Waals surface area contributed by atoms with E-state index in [9.17, 15) is 9.59 Å². The van der Waals surface area contributed by atoms with E-state index in [2.05, 4.69) is 12.2 Å². The van der Waals surface area contributed by atoms with Crippen LogP contribution >= 0.6 is 0 Å². The Kier molecular flexibility index (Phi) is 3.70. The van der Waals surface area contributed by atoms with Crippen molar-refractivity contribution < 1.29 is 9.59 Å². The number of hydrogen-bond acceptors (Lipinski definition) is 2. The molecule has 1 saturated heterocycles. The molecule has 0 aromatic heterocycles. The van der Waals surface area contributed by atoms with E-state index in [-0.39, 0.29) is 17.2 Å². The third-order valence-electron chi connectivity index (χ3n) is 4.74. The van der Waals surface area contributed by atoms with Gasteiger partial charge in [0.05, 0.1) is 0 Å². The molecule has 1 atom stereocenters. The Morgan fingerprint density at radius 2 is 1.95 bits per heavy atom. The fourth-order valence-corrected chi connectivity index (χ4v) is 3.25. The van der Waals surface area contributed by atoms with Gasteiger partial charge in [-0.15, -0.1) is 0 Å². The third kappa shape index (κ3) is 2.94. The largest absolute Gasteiger partial charge is 0.340 e. The molecule has 1 aliphatic carbocycles. The lowest BCUT2D eigenvalue weighted by molar-refractivity contribution is -0.135. The Morgan fingerprint density at radius 1 is 1.24 bits per heavy atom. The van der Waals surface area contributed by atoms with Gasteiger partial charge in [-0.05, 0) is 23.8 Å². The van der Waals surface area contributed by atoms with Crippen LogP contribution in [0.25, 0.3) is 0 Å². The zero-order valence-corrected chi connectivity index (χ0v) is 12.5. The molecule has 3 rings (SSSR count). The SMILES string of the molecule is CC1(CN2CCC(=O)NC(c3ccccc3)C2=O)CCC1. The van der Waals surface area contributed by atoms with Gasteiger partial charge in [-0.25, -0.2) is 0 Å². The van der Waals surface area contributed by atoms with Crippen LogP contribution in [0.2, 0.25) is 0 Å². The number of benzene rings is 1. The second-order valence-corrected chi connectivity index (χ2v) is 6.59. The summed E-state index contributed by atoms with van der Waals surface area (Å²) in [6.07, 6.45) is 3.99. The minimum atomic E-state index is -0.537. The van der Waals surface area contributed by atoms with Crippen molar-refractivity contribution in [2.75, 3.05) is 13.1 Å². The van der Waals surface area contributed by atoms with Crippen molar-refractivity contribution in [3.8, 4) is 0 Å². The van der Waals surface area contributed by atoms with Crippen LogP contribution in [0.1, 0.15) is 44.2 Å². The number of nitrogens with one attached hydrogen (secondary N) is 1. The molecule has 1 N–H and O–H groups in total. The first kappa shape index (κ1) is 14.1. The van der Waals surface area contributed by atoms with E-state index < -0.39 is 6.04 Å². The van der Waals surface area contributed by atoms with E-state index in [1.165, 1.54) is 19.3 Å². The zero-order chi connectivity index (χ0) is 14.9. The van der Waals surface area contributed by atoms with Crippen molar-refractivity contribution >= 4 is 11.8 Å². The summed E-state index contributed by atoms with van der Waals surface area (Å²) < 4.78 is 0. The van der Waals surface area contributed by atoms with Crippen LogP contribution in [-0.4, -0.2) is 29.8 Å². The van der Waals surface area contributed by atoms with Crippen LogP contribution in [-0.2, 0) is 9.59 Å². The van der Waals surface area contributed by atoms with Gasteiger partial charge in [0.1, 0.15) is 6.04 Å². The van der Waals surface area contributed by atoms with Gasteiger partial charge in [0.2, 0.25) is 11.8 Å². The molecule has 2 amide bonds. The van der Waals surface area contributed by atoms with Crippen LogP contribution in [0.15, 0.2) is 30.3 Å². The van der Waals surface area contributed by atoms with Crippen LogP contribution in [0.5, 0.6) is 0 Å². The molecular weight excluding hydrogens is 264 g/mol. The monoisotopic (exact) mass is 286 g/mol. The van der Waals surface area contributed by atoms with Gasteiger partial charge in [0.15, 0.2) is 0 Å². The fourth-order valence-electron chi connectivity index (χ4n) is 3.25. The molecule has 1 unspecified atom stereocenters. The number of rotatable bonds is 3. The average molecular weight is 286 g/mol. The molecule has 1 aromatic rings. The smallest absolute Gasteiger partial charge is 0.249 e. The second-order valence-electron chi connectivity index (χ2n) is 6.59. The van der Waals surface area contributed by atoms with E-state index in [1.54, 1.807) is 0 Å². The van der Waals surface area contributed by atoms with Crippen molar-refractivity contribution in [1.82, 2.24) is 10.2 Å². The van der Waals surface area contributed by atoms with Crippen molar-refractivity contribution in [3.05, 3.63) is 35.9 Å². The van der Waals surface area contributed by atoms with E-state index >= 15 is 0 Å². The van der Waals surface area contributed by atoms with Crippen LogP contribution < -0.4 is 5.32 Å². The molecule has 4 heteroatoms. The van der Waals surface area contributed by atoms with Gasteiger partial charge in [0, 0.05) is 19.5 Å². The summed E-state index contributed by atoms with van der Waals surface area (Å²) >= 11 is 0. The van der Waals surface area contributed by atoms with Gasteiger partial charge in [-0.3, -0.25) is 9.59 Å². The summed E-state index contributed by atoms with van der Waals surface area (Å²) in [4.78, 5) is 26.6. The maximum absolute atomic E-state index is 12.8. The molecule has 21 heavy (non-hydrogen) atoms. The highest BCUT2D eigenvalue weighted by atomic mass is 16.2. The van der Waals surface area contributed by atoms with Gasteiger partial charge >= 0.3 is 0 Å². The van der Waals surface area contributed by atoms with E-state index in [0.717, 1.165) is 12.1 Å². The molecule has 0 radical (unpaired) electrons. The van der Waals surface area contributed by atoms with Crippen molar-refractivity contribution in [3.63, 3.8) is 0 Å². The van der Waals surface area contributed by atoms with Crippen LogP contribution in [0.4, 0.5) is 0 Å². The first-order valence-corrected chi connectivity index (χ1v) is 7.71. The Balaban J connectivity index is 1.82. The van der Waals surface area contributed by atoms with Gasteiger partial charge in [-0.2, -0.15) is 0 Å². The van der Waals surface area contributed by atoms with E-state index in [4.69, 9.17) is 0 Å². The summed E-state index contributed by atoms with van der Waals surface area (Å²) in [7, 11) is 0. The summed E-state index contributed by atoms with van der Waals surface area (Å²) in [5.41, 5.74) is 1.10. The highest BCUT2D eigenvalue weighted by Crippen LogP contribution is 2.41. The molecule has 1 aliphatic heterocycles. The number of carbonyl (C=O) groups excluding carboxylic acids is 2. The number of carbonyl (C=O) groups is 2. The molecule has 112 valence electrons. The average Bonchev–Trinajstić information content (AvgIpc) is 2.60. The van der Waals surface area contributed by atoms with Crippen LogP contribution in [0, 0.1) is 5.41 Å². The highest BCUT2D eigenvalue weighted by Gasteiger charge is 2.38. The second kappa shape index (κ2) is 5.51. The first-order chi connectivity index (χ1) is 10.1. The quantitative estimate of drug-likeness (QED) is 0.926. The number of hydrogen-bond donors (Lipinski definition) is 1. The van der Waals surface area contributed by atoms with E-state index in [0.29, 0.717) is 13.0 Å². The molecule has 1 saturated carbocycles. The molecule has 0 bridgehead atoms. The van der Waals surface area contributed by atoms with Gasteiger partial charge < -0.3 is 10.2 Å². The standard InChI is InChI=1S/C17H22N2O2/c1-17(9-5-10-17)12-19-11-8-14(20)18-15(16(19)21)13-6-3-2-4-7-13/h2-4,6-7,15H,5,8-12H2,1H3,(H,18,20). The number of amides is 2. The lowest BCUT2D eigenvalue weighted by Gasteiger charge is -2.42. The predicted molar refractivity (Wildman–Crippen MR) is 80.5 cm³/mol. The Morgan fingerprint density at radius 3 is 2.57 bits per heavy atom. The first-order valence-electron chi connectivity index (χ1n) is 7.71. The van der Waals surface area contributed by atoms with Gasteiger partial charge in [-0.1, -0.05) is 43.7 Å². The minimum absolute atomic E-state index is 0.0279. The molecule has 0 spiro atoms. The third-order valence-corrected chi connectivity index (χ3v) is 4.74. The minimum Gasteiger partial charge on any atom is -0.340 e. The van der Waals surface area contributed by atoms with Crippen LogP contribution in [0.3, 0.4) is 0 Å². The summed E-state index contributed by atoms with van der Waals surface area (Å²) in [6.45, 7) is 3.54. The van der Waals surface area contributed by atoms with Crippen molar-refractivity contribution in [2.45, 2.75) is 38.6 Å². The van der Waals surface area contributed by atoms with Crippen molar-refractivity contribution in [2.24, 2.45) is 5.41 Å². The van der Waals surface area contributed by atoms with E-state index in [1.807, 2.05) is 35.2 Å². The summed E-state index contributed by atoms with van der Waals surface area (Å²) in [5.74, 6) is -0.0151. The highest BCUT2D eigenvalue weighted by molar-refractivity contribution is 5.90. The lowest BCUT2D eigenvalue weighted by Crippen LogP contribution is -2.45. The maximum atomic E-state index is 12.8. The molecule has 1 heterocycles. The Bertz CT molecular complexity index is 537. The molecule has 2 aliphatic rings. The van der Waals surface area contributed by atoms with Gasteiger partial charge in [0.25, 0.3) is 0 Å². The van der Waals surface area contributed by atoms with Crippen molar-refractivity contribution in [1.29, 1.82) is 0 Å². The summed E-state index contributed by atoms with van der Waals surface area (Å²) in [6, 6.07) is 8.98. The fraction of sp³-hybridized carbons (Fsp3) is 0.529. The molecule has 2 fully saturated rings. The Hall–Kier alpha value is -1.84. The topological polar surface area (TPSA) is 49.4 Å². The maximum Gasteiger partial charge on any atom is 0.249 e. The normalized spacial score (nSPS) is 25.0. The lowest BCUT2D eigenvalue weighted by atomic mass is 9.70. The predicted octanol–water partition coefficient (Wildman–Crippen LogP) is 2.27. The molecule has 4 nitrogen and oxygen atoms in total. The summed E-state index contributed by atoms with van der Waals surface area (Å²) in [5, 5.41) is 2.87.